The molecule has 1 rings (SSSR count). The molecule has 4 nitrogen and oxygen atoms in total. The molecule has 0 radical (unpaired) electrons. The van der Waals surface area contributed by atoms with E-state index in [4.69, 9.17) is 9.47 Å². The maximum Gasteiger partial charge on any atom is 0.175 e. The van der Waals surface area contributed by atoms with Gasteiger partial charge in [-0.15, -0.1) is 0 Å². The zero-order valence-corrected chi connectivity index (χ0v) is 15.6. The quantitative estimate of drug-likeness (QED) is 0.622. The van der Waals surface area contributed by atoms with Crippen LogP contribution in [-0.2, 0) is 15.2 Å². The van der Waals surface area contributed by atoms with E-state index in [2.05, 4.69) is 31.9 Å². The molecule has 0 bridgehead atoms. The third kappa shape index (κ3) is 4.63. The molecule has 0 fully saturated rings. The third-order valence-electron chi connectivity index (χ3n) is 2.78. The molecule has 0 spiro atoms. The Bertz CT molecular complexity index is 556. The Kier molecular flexibility index (Phi) is 6.81. The molecular weight excluding hydrogens is 412 g/mol. The highest BCUT2D eigenvalue weighted by molar-refractivity contribution is 9.10. The Balaban J connectivity index is 2.83. The molecule has 0 aliphatic rings. The molecular formula is C13H18Br2O4S. The van der Waals surface area contributed by atoms with Crippen LogP contribution >= 0.6 is 31.9 Å². The Labute approximate surface area is 137 Å². The molecule has 0 amide bonds. The minimum absolute atomic E-state index is 0.0134. The first-order valence-electron chi connectivity index (χ1n) is 6.08. The van der Waals surface area contributed by atoms with Crippen molar-refractivity contribution in [2.24, 2.45) is 0 Å². The molecule has 114 valence electrons. The average molecular weight is 430 g/mol. The van der Waals surface area contributed by atoms with Crippen LogP contribution in [0.1, 0.15) is 19.4 Å². The fraction of sp³-hybridized carbons (Fsp3) is 0.538. The molecule has 0 heterocycles. The summed E-state index contributed by atoms with van der Waals surface area (Å²) in [5.41, 5.74) is 1.04. The van der Waals surface area contributed by atoms with Crippen LogP contribution in [0.2, 0.25) is 0 Å². The molecule has 0 saturated heterocycles. The van der Waals surface area contributed by atoms with Gasteiger partial charge in [-0.05, 0) is 47.5 Å². The second-order valence-corrected chi connectivity index (χ2v) is 8.60. The van der Waals surface area contributed by atoms with Crippen LogP contribution in [0.4, 0.5) is 0 Å². The largest absolute Gasteiger partial charge is 0.493 e. The van der Waals surface area contributed by atoms with Crippen LogP contribution in [-0.4, -0.2) is 33.1 Å². The van der Waals surface area contributed by atoms with E-state index in [9.17, 15) is 8.42 Å². The summed E-state index contributed by atoms with van der Waals surface area (Å²) < 4.78 is 35.1. The van der Waals surface area contributed by atoms with Crippen LogP contribution in [0.3, 0.4) is 0 Å². The number of sulfone groups is 1. The molecule has 0 N–H and O–H groups in total. The van der Waals surface area contributed by atoms with Crippen molar-refractivity contribution in [2.75, 3.05) is 19.5 Å². The van der Waals surface area contributed by atoms with E-state index >= 15 is 0 Å². The zero-order chi connectivity index (χ0) is 15.3. The minimum Gasteiger partial charge on any atom is -0.493 e. The second-order valence-electron chi connectivity index (χ2n) is 4.51. The summed E-state index contributed by atoms with van der Waals surface area (Å²) in [7, 11) is -1.55. The molecule has 0 unspecified atom stereocenters. The molecule has 7 heteroatoms. The molecule has 0 aliphatic heterocycles. The third-order valence-corrected chi connectivity index (χ3v) is 6.18. The lowest BCUT2D eigenvalue weighted by atomic mass is 10.2. The van der Waals surface area contributed by atoms with E-state index in [-0.39, 0.29) is 12.4 Å². The van der Waals surface area contributed by atoms with Gasteiger partial charge in [0, 0.05) is 5.33 Å². The molecule has 20 heavy (non-hydrogen) atoms. The molecule has 1 aromatic carbocycles. The first-order chi connectivity index (χ1) is 9.31. The van der Waals surface area contributed by atoms with E-state index in [1.165, 1.54) is 0 Å². The van der Waals surface area contributed by atoms with Gasteiger partial charge >= 0.3 is 0 Å². The van der Waals surface area contributed by atoms with E-state index in [1.54, 1.807) is 21.0 Å². The lowest BCUT2D eigenvalue weighted by Crippen LogP contribution is -2.22. The van der Waals surface area contributed by atoms with Gasteiger partial charge in [0.05, 0.1) is 22.6 Å². The first kappa shape index (κ1) is 17.8. The summed E-state index contributed by atoms with van der Waals surface area (Å²) >= 11 is 6.79. The molecule has 0 atom stereocenters. The standard InChI is InChI=1S/C13H18Br2O4S/c1-9(2)20(16,17)5-4-19-13-11(15)6-10(8-14)7-12(13)18-3/h6-7,9H,4-5,8H2,1-3H3. The Morgan fingerprint density at radius 3 is 2.45 bits per heavy atom. The van der Waals surface area contributed by atoms with Crippen molar-refractivity contribution < 1.29 is 17.9 Å². The van der Waals surface area contributed by atoms with Gasteiger partial charge in [0.15, 0.2) is 21.3 Å². The van der Waals surface area contributed by atoms with E-state index in [0.29, 0.717) is 16.8 Å². The van der Waals surface area contributed by atoms with Gasteiger partial charge in [0.1, 0.15) is 6.61 Å². The molecule has 0 saturated carbocycles. The van der Waals surface area contributed by atoms with Crippen LogP contribution < -0.4 is 9.47 Å². The topological polar surface area (TPSA) is 52.6 Å². The SMILES string of the molecule is COc1cc(CBr)cc(Br)c1OCCS(=O)(=O)C(C)C. The summed E-state index contributed by atoms with van der Waals surface area (Å²) in [6, 6.07) is 3.76. The Morgan fingerprint density at radius 2 is 1.95 bits per heavy atom. The first-order valence-corrected chi connectivity index (χ1v) is 9.71. The van der Waals surface area contributed by atoms with Crippen molar-refractivity contribution in [3.8, 4) is 11.5 Å². The number of hydrogen-bond donors (Lipinski definition) is 0. The van der Waals surface area contributed by atoms with Gasteiger partial charge in [-0.25, -0.2) is 8.42 Å². The number of benzene rings is 1. The lowest BCUT2D eigenvalue weighted by Gasteiger charge is -2.14. The average Bonchev–Trinajstić information content (AvgIpc) is 2.39. The van der Waals surface area contributed by atoms with Crippen molar-refractivity contribution in [1.82, 2.24) is 0 Å². The van der Waals surface area contributed by atoms with Crippen molar-refractivity contribution in [2.45, 2.75) is 24.4 Å². The smallest absolute Gasteiger partial charge is 0.175 e. The maximum atomic E-state index is 11.7. The van der Waals surface area contributed by atoms with Crippen molar-refractivity contribution >= 4 is 41.7 Å². The highest BCUT2D eigenvalue weighted by Crippen LogP contribution is 2.37. The van der Waals surface area contributed by atoms with Gasteiger partial charge in [-0.2, -0.15) is 0 Å². The van der Waals surface area contributed by atoms with E-state index in [0.717, 1.165) is 10.0 Å². The van der Waals surface area contributed by atoms with Gasteiger partial charge in [0.2, 0.25) is 0 Å². The van der Waals surface area contributed by atoms with Crippen molar-refractivity contribution in [3.63, 3.8) is 0 Å². The Morgan fingerprint density at radius 1 is 1.30 bits per heavy atom. The van der Waals surface area contributed by atoms with Crippen LogP contribution in [0, 0.1) is 0 Å². The normalized spacial score (nSPS) is 11.7. The number of ether oxygens (including phenoxy) is 2. The van der Waals surface area contributed by atoms with E-state index < -0.39 is 15.1 Å². The predicted octanol–water partition coefficient (Wildman–Crippen LogP) is 3.55. The van der Waals surface area contributed by atoms with Crippen LogP contribution in [0.25, 0.3) is 0 Å². The number of rotatable bonds is 7. The summed E-state index contributed by atoms with van der Waals surface area (Å²) in [6.07, 6.45) is 0. The fourth-order valence-electron chi connectivity index (χ4n) is 1.49. The van der Waals surface area contributed by atoms with Crippen molar-refractivity contribution in [3.05, 3.63) is 22.2 Å². The summed E-state index contributed by atoms with van der Waals surface area (Å²) in [6.45, 7) is 3.43. The number of methoxy groups -OCH3 is 1. The summed E-state index contributed by atoms with van der Waals surface area (Å²) in [4.78, 5) is 0. The highest BCUT2D eigenvalue weighted by Gasteiger charge is 2.17. The molecule has 0 aromatic heterocycles. The highest BCUT2D eigenvalue weighted by atomic mass is 79.9. The number of hydrogen-bond acceptors (Lipinski definition) is 4. The summed E-state index contributed by atoms with van der Waals surface area (Å²) in [5.74, 6) is 1.09. The summed E-state index contributed by atoms with van der Waals surface area (Å²) in [5, 5.41) is 0.302. The molecule has 1 aromatic rings. The monoisotopic (exact) mass is 428 g/mol. The van der Waals surface area contributed by atoms with Gasteiger partial charge in [-0.3, -0.25) is 0 Å². The van der Waals surface area contributed by atoms with Gasteiger partial charge in [-0.1, -0.05) is 15.9 Å². The number of alkyl halides is 1. The maximum absolute atomic E-state index is 11.7. The Hall–Kier alpha value is -0.270. The zero-order valence-electron chi connectivity index (χ0n) is 11.7. The van der Waals surface area contributed by atoms with Crippen LogP contribution in [0.5, 0.6) is 11.5 Å². The second kappa shape index (κ2) is 7.66. The van der Waals surface area contributed by atoms with Gasteiger partial charge < -0.3 is 9.47 Å². The number of halogens is 2. The van der Waals surface area contributed by atoms with E-state index in [1.807, 2.05) is 12.1 Å². The van der Waals surface area contributed by atoms with Crippen molar-refractivity contribution in [1.29, 1.82) is 0 Å². The minimum atomic E-state index is -3.10. The lowest BCUT2D eigenvalue weighted by molar-refractivity contribution is 0.309. The fourth-order valence-corrected chi connectivity index (χ4v) is 3.20. The predicted molar refractivity (Wildman–Crippen MR) is 87.7 cm³/mol. The van der Waals surface area contributed by atoms with Crippen LogP contribution in [0.15, 0.2) is 16.6 Å². The van der Waals surface area contributed by atoms with Gasteiger partial charge in [0.25, 0.3) is 0 Å². The molecule has 0 aliphatic carbocycles.